The Morgan fingerprint density at radius 1 is 0.321 bits per heavy atom. The maximum Gasteiger partial charge on any atom is 0.137 e. The normalized spacial score (nSPS) is 14.5. The fourth-order valence-corrected chi connectivity index (χ4v) is 9.78. The minimum absolute atomic E-state index is 0.129. The molecule has 0 saturated carbocycles. The second kappa shape index (κ2) is 11.9. The summed E-state index contributed by atoms with van der Waals surface area (Å²) in [5.41, 5.74) is 20.6. The molecule has 0 N–H and O–H groups in total. The maximum atomic E-state index is 7.08. The first-order chi connectivity index (χ1) is 27.3. The standard InChI is InChI=1S/C54H41NO/c1-53(2)47-20-12-10-18-41(47)43-27-23-36(31-49(43)53)55(37-24-28-44-42-19-11-13-21-48(42)54(3,4)50(44)32-37)38-25-29-46-40-17-9-8-16-39(40)45-26-22-35(34-14-6-5-7-15-34)30-51(45)56-52(46)33-38/h5-33H,1-4H3. The molecule has 56 heavy (non-hydrogen) atoms. The molecule has 0 atom stereocenters. The van der Waals surface area contributed by atoms with Gasteiger partial charge in [-0.15, -0.1) is 0 Å². The zero-order valence-electron chi connectivity index (χ0n) is 32.1. The van der Waals surface area contributed by atoms with E-state index in [1.807, 2.05) is 0 Å². The van der Waals surface area contributed by atoms with E-state index in [1.54, 1.807) is 0 Å². The predicted octanol–water partition coefficient (Wildman–Crippen LogP) is 14.9. The molecule has 8 aromatic rings. The van der Waals surface area contributed by atoms with E-state index in [4.69, 9.17) is 4.74 Å². The Bertz CT molecular complexity index is 2790. The van der Waals surface area contributed by atoms with Crippen molar-refractivity contribution in [2.24, 2.45) is 0 Å². The van der Waals surface area contributed by atoms with Crippen molar-refractivity contribution in [3.05, 3.63) is 198 Å². The topological polar surface area (TPSA) is 12.5 Å². The number of hydrogen-bond acceptors (Lipinski definition) is 2. The molecule has 0 fully saturated rings. The van der Waals surface area contributed by atoms with Gasteiger partial charge in [-0.25, -0.2) is 0 Å². The van der Waals surface area contributed by atoms with Crippen LogP contribution >= 0.6 is 0 Å². The van der Waals surface area contributed by atoms with E-state index < -0.39 is 0 Å². The molecule has 0 spiro atoms. The summed E-state index contributed by atoms with van der Waals surface area (Å²) >= 11 is 0. The summed E-state index contributed by atoms with van der Waals surface area (Å²) in [6.45, 7) is 9.43. The molecule has 2 aliphatic carbocycles. The first kappa shape index (κ1) is 32.8. The lowest BCUT2D eigenvalue weighted by molar-refractivity contribution is 0.488. The Hall–Kier alpha value is -6.64. The van der Waals surface area contributed by atoms with Gasteiger partial charge in [0.2, 0.25) is 0 Å². The van der Waals surface area contributed by atoms with E-state index in [0.717, 1.165) is 45.3 Å². The molecule has 3 aliphatic rings. The van der Waals surface area contributed by atoms with E-state index in [2.05, 4.69) is 209 Å². The summed E-state index contributed by atoms with van der Waals surface area (Å²) in [6.07, 6.45) is 0. The Morgan fingerprint density at radius 3 is 1.29 bits per heavy atom. The average molecular weight is 720 g/mol. The number of anilines is 3. The number of ether oxygens (including phenoxy) is 1. The Morgan fingerprint density at radius 2 is 0.732 bits per heavy atom. The lowest BCUT2D eigenvalue weighted by Gasteiger charge is -2.30. The van der Waals surface area contributed by atoms with Gasteiger partial charge in [-0.1, -0.05) is 149 Å². The molecule has 8 aromatic carbocycles. The third kappa shape index (κ3) is 4.75. The first-order valence-corrected chi connectivity index (χ1v) is 19.7. The van der Waals surface area contributed by atoms with Gasteiger partial charge in [0.1, 0.15) is 11.5 Å². The molecule has 0 aromatic heterocycles. The van der Waals surface area contributed by atoms with Crippen LogP contribution in [0.4, 0.5) is 17.1 Å². The molecular weight excluding hydrogens is 679 g/mol. The highest BCUT2D eigenvalue weighted by Crippen LogP contribution is 2.54. The van der Waals surface area contributed by atoms with Crippen LogP contribution < -0.4 is 9.64 Å². The highest BCUT2D eigenvalue weighted by atomic mass is 16.5. The van der Waals surface area contributed by atoms with Gasteiger partial charge in [0.15, 0.2) is 0 Å². The second-order valence-corrected chi connectivity index (χ2v) is 16.5. The lowest BCUT2D eigenvalue weighted by Crippen LogP contribution is -2.18. The highest BCUT2D eigenvalue weighted by molar-refractivity contribution is 5.94. The molecule has 1 aliphatic heterocycles. The third-order valence-corrected chi connectivity index (χ3v) is 12.7. The van der Waals surface area contributed by atoms with Crippen molar-refractivity contribution < 1.29 is 4.74 Å². The van der Waals surface area contributed by atoms with Crippen LogP contribution in [0.1, 0.15) is 49.9 Å². The van der Waals surface area contributed by atoms with Gasteiger partial charge in [0.05, 0.1) is 0 Å². The summed E-state index contributed by atoms with van der Waals surface area (Å²) in [4.78, 5) is 2.43. The van der Waals surface area contributed by atoms with E-state index in [-0.39, 0.29) is 10.8 Å². The largest absolute Gasteiger partial charge is 0.456 e. The Kier molecular flexibility index (Phi) is 6.98. The quantitative estimate of drug-likeness (QED) is 0.180. The summed E-state index contributed by atoms with van der Waals surface area (Å²) in [5, 5.41) is 0. The van der Waals surface area contributed by atoms with Crippen molar-refractivity contribution >= 4 is 17.1 Å². The molecule has 11 rings (SSSR count). The van der Waals surface area contributed by atoms with Crippen LogP contribution in [0, 0.1) is 0 Å². The Balaban J connectivity index is 1.11. The van der Waals surface area contributed by atoms with Gasteiger partial charge in [-0.05, 0) is 115 Å². The van der Waals surface area contributed by atoms with Crippen molar-refractivity contribution in [2.45, 2.75) is 38.5 Å². The van der Waals surface area contributed by atoms with Crippen LogP contribution in [0.2, 0.25) is 0 Å². The number of nitrogens with zero attached hydrogens (tertiary/aromatic N) is 1. The molecule has 2 heteroatoms. The van der Waals surface area contributed by atoms with Crippen LogP contribution in [0.25, 0.3) is 55.6 Å². The first-order valence-electron chi connectivity index (χ1n) is 19.7. The fraction of sp³-hybridized carbons (Fsp3) is 0.111. The van der Waals surface area contributed by atoms with Crippen molar-refractivity contribution in [1.82, 2.24) is 0 Å². The van der Waals surface area contributed by atoms with Gasteiger partial charge in [-0.3, -0.25) is 0 Å². The van der Waals surface area contributed by atoms with Gasteiger partial charge >= 0.3 is 0 Å². The number of benzene rings is 8. The molecule has 0 saturated heterocycles. The van der Waals surface area contributed by atoms with Crippen molar-refractivity contribution in [3.8, 4) is 67.1 Å². The minimum Gasteiger partial charge on any atom is -0.456 e. The maximum absolute atomic E-state index is 7.08. The van der Waals surface area contributed by atoms with Crippen LogP contribution in [0.5, 0.6) is 11.5 Å². The van der Waals surface area contributed by atoms with Crippen molar-refractivity contribution in [1.29, 1.82) is 0 Å². The van der Waals surface area contributed by atoms with E-state index in [9.17, 15) is 0 Å². The number of rotatable bonds is 4. The predicted molar refractivity (Wildman–Crippen MR) is 233 cm³/mol. The lowest BCUT2D eigenvalue weighted by atomic mass is 9.82. The molecule has 0 radical (unpaired) electrons. The van der Waals surface area contributed by atoms with Crippen molar-refractivity contribution in [3.63, 3.8) is 0 Å². The number of fused-ring (bicyclic) bond motifs is 11. The zero-order valence-corrected chi connectivity index (χ0v) is 32.1. The van der Waals surface area contributed by atoms with Gasteiger partial charge in [-0.2, -0.15) is 0 Å². The highest BCUT2D eigenvalue weighted by Gasteiger charge is 2.38. The molecule has 1 heterocycles. The third-order valence-electron chi connectivity index (χ3n) is 12.7. The van der Waals surface area contributed by atoms with Crippen LogP contribution in [0.3, 0.4) is 0 Å². The summed E-state index contributed by atoms with van der Waals surface area (Å²) in [7, 11) is 0. The van der Waals surface area contributed by atoms with E-state index >= 15 is 0 Å². The second-order valence-electron chi connectivity index (χ2n) is 16.5. The molecule has 268 valence electrons. The molecule has 0 bridgehead atoms. The molecule has 2 nitrogen and oxygen atoms in total. The summed E-state index contributed by atoms with van der Waals surface area (Å²) in [6, 6.07) is 64.5. The Labute approximate surface area is 329 Å². The summed E-state index contributed by atoms with van der Waals surface area (Å²) < 4.78 is 7.08. The molecular formula is C54H41NO. The van der Waals surface area contributed by atoms with E-state index in [0.29, 0.717) is 0 Å². The fourth-order valence-electron chi connectivity index (χ4n) is 9.78. The summed E-state index contributed by atoms with van der Waals surface area (Å²) in [5.74, 6) is 1.70. The monoisotopic (exact) mass is 719 g/mol. The van der Waals surface area contributed by atoms with Crippen molar-refractivity contribution in [2.75, 3.05) is 4.90 Å². The minimum atomic E-state index is -0.129. The van der Waals surface area contributed by atoms with Crippen LogP contribution in [0.15, 0.2) is 176 Å². The molecule has 0 amide bonds. The average Bonchev–Trinajstić information content (AvgIpc) is 3.53. The van der Waals surface area contributed by atoms with Gasteiger partial charge in [0, 0.05) is 45.1 Å². The molecule has 0 unspecified atom stereocenters. The smallest absolute Gasteiger partial charge is 0.137 e. The van der Waals surface area contributed by atoms with E-state index in [1.165, 1.54) is 61.2 Å². The zero-order chi connectivity index (χ0) is 37.8. The van der Waals surface area contributed by atoms with Crippen LogP contribution in [-0.4, -0.2) is 0 Å². The van der Waals surface area contributed by atoms with Gasteiger partial charge < -0.3 is 9.64 Å². The SMILES string of the molecule is CC1(C)c2ccccc2-c2ccc(N(c3ccc4c(c3)Oc3cc(-c5ccccc5)ccc3-c3ccccc3-4)c3ccc4c(c3)C(C)(C)c3ccccc3-4)cc21. The van der Waals surface area contributed by atoms with Gasteiger partial charge in [0.25, 0.3) is 0 Å². The van der Waals surface area contributed by atoms with Crippen LogP contribution in [-0.2, 0) is 10.8 Å². The number of hydrogen-bond donors (Lipinski definition) is 0.